The lowest BCUT2D eigenvalue weighted by atomic mass is 10.1. The number of hydrogen-bond donors (Lipinski definition) is 0. The molecule has 0 spiro atoms. The van der Waals surface area contributed by atoms with E-state index in [-0.39, 0.29) is 18.6 Å². The summed E-state index contributed by atoms with van der Waals surface area (Å²) in [7, 11) is 0. The van der Waals surface area contributed by atoms with Crippen molar-refractivity contribution < 1.29 is 18.0 Å². The van der Waals surface area contributed by atoms with Crippen molar-refractivity contribution in [3.05, 3.63) is 11.6 Å². The third-order valence-corrected chi connectivity index (χ3v) is 1.38. The maximum absolute atomic E-state index is 12.0. The van der Waals surface area contributed by atoms with Crippen LogP contribution in [0.5, 0.6) is 0 Å². The average Bonchev–Trinajstić information content (AvgIpc) is 1.85. The van der Waals surface area contributed by atoms with Crippen LogP contribution in [0.3, 0.4) is 0 Å². The molecule has 0 aliphatic heterocycles. The highest BCUT2D eigenvalue weighted by molar-refractivity contribution is 5.77. The maximum atomic E-state index is 12.0. The van der Waals surface area contributed by atoms with Crippen molar-refractivity contribution in [1.29, 1.82) is 0 Å². The molecule has 1 nitrogen and oxygen atoms in total. The summed E-state index contributed by atoms with van der Waals surface area (Å²) in [6, 6.07) is 0. The monoisotopic (exact) mass is 180 g/mol. The van der Waals surface area contributed by atoms with Crippen LogP contribution >= 0.6 is 0 Å². The van der Waals surface area contributed by atoms with E-state index in [1.165, 1.54) is 13.8 Å². The minimum absolute atomic E-state index is 0.0865. The highest BCUT2D eigenvalue weighted by atomic mass is 19.4. The van der Waals surface area contributed by atoms with E-state index in [1.807, 2.05) is 0 Å². The summed E-state index contributed by atoms with van der Waals surface area (Å²) in [6.45, 7) is 2.68. The first-order valence-electron chi connectivity index (χ1n) is 3.63. The van der Waals surface area contributed by atoms with E-state index in [4.69, 9.17) is 0 Å². The van der Waals surface area contributed by atoms with Crippen LogP contribution in [0.4, 0.5) is 13.2 Å². The Morgan fingerprint density at radius 3 is 2.17 bits per heavy atom. The molecule has 0 aromatic carbocycles. The van der Waals surface area contributed by atoms with Crippen LogP contribution in [0.2, 0.25) is 0 Å². The van der Waals surface area contributed by atoms with Crippen LogP contribution in [0.25, 0.3) is 0 Å². The predicted molar refractivity (Wildman–Crippen MR) is 39.7 cm³/mol. The fourth-order valence-electron chi connectivity index (χ4n) is 0.727. The Bertz CT molecular complexity index is 191. The number of halogens is 3. The zero-order valence-corrected chi connectivity index (χ0v) is 7.03. The number of carbonyl (C=O) groups excluding carboxylic acids is 1. The molecule has 0 heterocycles. The summed E-state index contributed by atoms with van der Waals surface area (Å²) in [5, 5.41) is 0. The zero-order chi connectivity index (χ0) is 9.78. The molecule has 0 rings (SSSR count). The van der Waals surface area contributed by atoms with Crippen molar-refractivity contribution in [3.8, 4) is 0 Å². The molecule has 0 aromatic rings. The van der Waals surface area contributed by atoms with Crippen molar-refractivity contribution in [1.82, 2.24) is 0 Å². The molecule has 0 fully saturated rings. The molecular formula is C8H11F3O. The van der Waals surface area contributed by atoms with E-state index in [9.17, 15) is 18.0 Å². The van der Waals surface area contributed by atoms with Gasteiger partial charge in [0.1, 0.15) is 5.78 Å². The smallest absolute Gasteiger partial charge is 0.300 e. The van der Waals surface area contributed by atoms with Crippen LogP contribution in [0.15, 0.2) is 11.6 Å². The molecule has 0 N–H and O–H groups in total. The Balaban J connectivity index is 4.34. The molecule has 0 aliphatic carbocycles. The number of Topliss-reactive ketones (excluding diaryl/α,β-unsaturated/α-hetero) is 1. The molecule has 0 saturated heterocycles. The van der Waals surface area contributed by atoms with Crippen molar-refractivity contribution in [2.24, 2.45) is 0 Å². The van der Waals surface area contributed by atoms with E-state index in [1.54, 1.807) is 0 Å². The molecule has 0 radical (unpaired) electrons. The fraction of sp³-hybridized carbons (Fsp3) is 0.625. The van der Waals surface area contributed by atoms with Gasteiger partial charge >= 0.3 is 6.18 Å². The standard InChI is InChI=1S/C8H11F3O/c1-3-7(8(9,10)11)5-4-6(2)12/h5H,3-4H2,1-2H3. The second-order valence-electron chi connectivity index (χ2n) is 2.49. The molecule has 0 amide bonds. The maximum Gasteiger partial charge on any atom is 0.412 e. The second-order valence-corrected chi connectivity index (χ2v) is 2.49. The van der Waals surface area contributed by atoms with E-state index < -0.39 is 11.7 Å². The van der Waals surface area contributed by atoms with Gasteiger partial charge in [-0.2, -0.15) is 13.2 Å². The number of hydrogen-bond acceptors (Lipinski definition) is 1. The van der Waals surface area contributed by atoms with Gasteiger partial charge in [-0.3, -0.25) is 4.79 Å². The van der Waals surface area contributed by atoms with Gasteiger partial charge in [0.25, 0.3) is 0 Å². The second kappa shape index (κ2) is 4.28. The van der Waals surface area contributed by atoms with Crippen molar-refractivity contribution in [3.63, 3.8) is 0 Å². The zero-order valence-electron chi connectivity index (χ0n) is 7.03. The van der Waals surface area contributed by atoms with Crippen molar-refractivity contribution in [2.45, 2.75) is 32.9 Å². The lowest BCUT2D eigenvalue weighted by Gasteiger charge is -2.08. The third-order valence-electron chi connectivity index (χ3n) is 1.38. The van der Waals surface area contributed by atoms with E-state index in [0.717, 1.165) is 6.08 Å². The molecule has 0 aliphatic rings. The molecule has 0 bridgehead atoms. The summed E-state index contributed by atoms with van der Waals surface area (Å²) >= 11 is 0. The summed E-state index contributed by atoms with van der Waals surface area (Å²) in [4.78, 5) is 10.4. The van der Waals surface area contributed by atoms with Gasteiger partial charge in [0, 0.05) is 12.0 Å². The van der Waals surface area contributed by atoms with E-state index in [0.29, 0.717) is 0 Å². The molecular weight excluding hydrogens is 169 g/mol. The molecule has 12 heavy (non-hydrogen) atoms. The van der Waals surface area contributed by atoms with Crippen LogP contribution < -0.4 is 0 Å². The first-order chi connectivity index (χ1) is 5.38. The Kier molecular flexibility index (Phi) is 4.00. The quantitative estimate of drug-likeness (QED) is 0.610. The van der Waals surface area contributed by atoms with Gasteiger partial charge in [-0.15, -0.1) is 0 Å². The average molecular weight is 180 g/mol. The summed E-state index contributed by atoms with van der Waals surface area (Å²) in [5.41, 5.74) is -0.627. The van der Waals surface area contributed by atoms with Crippen molar-refractivity contribution in [2.75, 3.05) is 0 Å². The normalized spacial score (nSPS) is 13.2. The lowest BCUT2D eigenvalue weighted by Crippen LogP contribution is -2.11. The Hall–Kier alpha value is -0.800. The molecule has 0 aromatic heterocycles. The van der Waals surface area contributed by atoms with Gasteiger partial charge in [0.05, 0.1) is 0 Å². The minimum atomic E-state index is -4.29. The van der Waals surface area contributed by atoms with Gasteiger partial charge in [0.15, 0.2) is 0 Å². The summed E-state index contributed by atoms with van der Waals surface area (Å²) in [5.74, 6) is -0.259. The van der Waals surface area contributed by atoms with E-state index in [2.05, 4.69) is 0 Å². The number of ketones is 1. The predicted octanol–water partition coefficient (Wildman–Crippen LogP) is 2.86. The highest BCUT2D eigenvalue weighted by Gasteiger charge is 2.31. The molecule has 4 heteroatoms. The van der Waals surface area contributed by atoms with Crippen LogP contribution in [-0.2, 0) is 4.79 Å². The number of rotatable bonds is 3. The fourth-order valence-corrected chi connectivity index (χ4v) is 0.727. The molecule has 0 atom stereocenters. The van der Waals surface area contributed by atoms with E-state index >= 15 is 0 Å². The number of alkyl halides is 3. The minimum Gasteiger partial charge on any atom is -0.300 e. The highest BCUT2D eigenvalue weighted by Crippen LogP contribution is 2.27. The van der Waals surface area contributed by atoms with Gasteiger partial charge in [-0.05, 0) is 13.3 Å². The Labute approximate surface area is 69.3 Å². The molecule has 0 saturated carbocycles. The first kappa shape index (κ1) is 11.2. The van der Waals surface area contributed by atoms with Crippen molar-refractivity contribution >= 4 is 5.78 Å². The van der Waals surface area contributed by atoms with Gasteiger partial charge in [-0.1, -0.05) is 13.0 Å². The van der Waals surface area contributed by atoms with Crippen LogP contribution in [0, 0.1) is 0 Å². The van der Waals surface area contributed by atoms with Gasteiger partial charge in [0.2, 0.25) is 0 Å². The number of allylic oxidation sites excluding steroid dienone is 2. The molecule has 0 unspecified atom stereocenters. The Morgan fingerprint density at radius 1 is 1.42 bits per heavy atom. The van der Waals surface area contributed by atoms with Crippen LogP contribution in [-0.4, -0.2) is 12.0 Å². The summed E-state index contributed by atoms with van der Waals surface area (Å²) < 4.78 is 36.0. The van der Waals surface area contributed by atoms with Gasteiger partial charge in [-0.25, -0.2) is 0 Å². The first-order valence-corrected chi connectivity index (χ1v) is 3.63. The van der Waals surface area contributed by atoms with Crippen LogP contribution in [0.1, 0.15) is 26.7 Å². The summed E-state index contributed by atoms with van der Waals surface area (Å²) in [6.07, 6.45) is -3.56. The lowest BCUT2D eigenvalue weighted by molar-refractivity contribution is -0.116. The third kappa shape index (κ3) is 4.16. The topological polar surface area (TPSA) is 17.1 Å². The SMILES string of the molecule is CCC(=CCC(C)=O)C(F)(F)F. The number of carbonyl (C=O) groups is 1. The Morgan fingerprint density at radius 2 is 1.92 bits per heavy atom. The molecule has 70 valence electrons. The largest absolute Gasteiger partial charge is 0.412 e. The van der Waals surface area contributed by atoms with Gasteiger partial charge < -0.3 is 0 Å².